The lowest BCUT2D eigenvalue weighted by Gasteiger charge is -2.06. The second-order valence-electron chi connectivity index (χ2n) is 3.49. The van der Waals surface area contributed by atoms with Gasteiger partial charge in [0.25, 0.3) is 0 Å². The van der Waals surface area contributed by atoms with Gasteiger partial charge in [0.05, 0.1) is 18.2 Å². The summed E-state index contributed by atoms with van der Waals surface area (Å²) in [5.74, 6) is -0.302. The molecule has 0 radical (unpaired) electrons. The van der Waals surface area contributed by atoms with Crippen molar-refractivity contribution in [1.29, 1.82) is 5.26 Å². The van der Waals surface area contributed by atoms with Gasteiger partial charge < -0.3 is 10.1 Å². The zero-order chi connectivity index (χ0) is 12.5. The first-order valence-electron chi connectivity index (χ1n) is 5.66. The third-order valence-electron chi connectivity index (χ3n) is 2.19. The molecule has 4 heteroatoms. The number of benzene rings is 1. The minimum Gasteiger partial charge on any atom is -0.462 e. The van der Waals surface area contributed by atoms with Crippen molar-refractivity contribution in [1.82, 2.24) is 0 Å². The van der Waals surface area contributed by atoms with Crippen LogP contribution in [0.4, 0.5) is 5.69 Å². The summed E-state index contributed by atoms with van der Waals surface area (Å²) in [4.78, 5) is 11.4. The van der Waals surface area contributed by atoms with E-state index in [4.69, 9.17) is 10.00 Å². The van der Waals surface area contributed by atoms with Crippen LogP contribution in [0.25, 0.3) is 0 Å². The van der Waals surface area contributed by atoms with Gasteiger partial charge >= 0.3 is 5.97 Å². The Bertz CT molecular complexity index is 393. The number of ether oxygens (including phenoxy) is 1. The number of nitrogens with zero attached hydrogens (tertiary/aromatic N) is 1. The smallest absolute Gasteiger partial charge is 0.338 e. The van der Waals surface area contributed by atoms with E-state index in [0.29, 0.717) is 18.6 Å². The number of unbranched alkanes of at least 4 members (excludes halogenated alkanes) is 1. The molecule has 0 aliphatic heterocycles. The third-order valence-corrected chi connectivity index (χ3v) is 2.19. The fourth-order valence-corrected chi connectivity index (χ4v) is 1.34. The maximum atomic E-state index is 11.4. The predicted octanol–water partition coefficient (Wildman–Crippen LogP) is 2.58. The molecule has 1 aromatic rings. The number of carbonyl (C=O) groups is 1. The first-order chi connectivity index (χ1) is 8.27. The maximum Gasteiger partial charge on any atom is 0.338 e. The van der Waals surface area contributed by atoms with Crippen LogP contribution in [0.15, 0.2) is 24.3 Å². The molecule has 0 bridgehead atoms. The van der Waals surface area contributed by atoms with Gasteiger partial charge in [0.15, 0.2) is 0 Å². The van der Waals surface area contributed by atoms with Gasteiger partial charge in [-0.1, -0.05) is 0 Å². The highest BCUT2D eigenvalue weighted by molar-refractivity contribution is 5.89. The molecule has 0 saturated carbocycles. The molecular weight excluding hydrogens is 216 g/mol. The zero-order valence-electron chi connectivity index (χ0n) is 9.90. The zero-order valence-corrected chi connectivity index (χ0v) is 9.90. The number of nitriles is 1. The van der Waals surface area contributed by atoms with E-state index in [0.717, 1.165) is 18.7 Å². The molecule has 0 aliphatic carbocycles. The molecule has 1 aromatic carbocycles. The summed E-state index contributed by atoms with van der Waals surface area (Å²) in [6.07, 6.45) is 1.37. The minimum absolute atomic E-state index is 0.302. The molecule has 0 aliphatic rings. The fourth-order valence-electron chi connectivity index (χ4n) is 1.34. The van der Waals surface area contributed by atoms with E-state index in [9.17, 15) is 4.79 Å². The van der Waals surface area contributed by atoms with Gasteiger partial charge in [0.1, 0.15) is 0 Å². The van der Waals surface area contributed by atoms with E-state index in [-0.39, 0.29) is 5.97 Å². The van der Waals surface area contributed by atoms with Gasteiger partial charge in [0.2, 0.25) is 0 Å². The lowest BCUT2D eigenvalue weighted by Crippen LogP contribution is -2.05. The van der Waals surface area contributed by atoms with Crippen LogP contribution in [0.1, 0.15) is 30.1 Å². The summed E-state index contributed by atoms with van der Waals surface area (Å²) in [7, 11) is 0. The lowest BCUT2D eigenvalue weighted by atomic mass is 10.2. The Balaban J connectivity index is 2.45. The molecule has 0 fully saturated rings. The quantitative estimate of drug-likeness (QED) is 0.605. The van der Waals surface area contributed by atoms with Crippen molar-refractivity contribution < 1.29 is 9.53 Å². The average molecular weight is 232 g/mol. The van der Waals surface area contributed by atoms with Gasteiger partial charge in [-0.25, -0.2) is 4.79 Å². The molecule has 1 rings (SSSR count). The third kappa shape index (κ3) is 4.56. The molecule has 0 atom stereocenters. The lowest BCUT2D eigenvalue weighted by molar-refractivity contribution is 0.0526. The number of carbonyl (C=O) groups excluding carboxylic acids is 1. The summed E-state index contributed by atoms with van der Waals surface area (Å²) < 4.78 is 4.89. The normalized spacial score (nSPS) is 9.41. The highest BCUT2D eigenvalue weighted by Gasteiger charge is 2.04. The molecule has 1 N–H and O–H groups in total. The van der Waals surface area contributed by atoms with Crippen LogP contribution in [0.3, 0.4) is 0 Å². The van der Waals surface area contributed by atoms with E-state index in [2.05, 4.69) is 11.4 Å². The number of esters is 1. The number of hydrogen-bond donors (Lipinski definition) is 1. The Morgan fingerprint density at radius 3 is 2.71 bits per heavy atom. The monoisotopic (exact) mass is 232 g/mol. The standard InChI is InChI=1S/C13H16N2O2/c1-2-17-13(16)11-5-7-12(8-6-11)15-10-4-3-9-14/h5-8,15H,2-4,10H2,1H3. The highest BCUT2D eigenvalue weighted by Crippen LogP contribution is 2.10. The summed E-state index contributed by atoms with van der Waals surface area (Å²) in [6.45, 7) is 2.92. The van der Waals surface area contributed by atoms with Gasteiger partial charge in [-0.2, -0.15) is 5.26 Å². The van der Waals surface area contributed by atoms with Gasteiger partial charge in [-0.3, -0.25) is 0 Å². The van der Waals surface area contributed by atoms with Crippen molar-refractivity contribution in [3.05, 3.63) is 29.8 Å². The molecule has 17 heavy (non-hydrogen) atoms. The van der Waals surface area contributed by atoms with Gasteiger partial charge in [0, 0.05) is 18.7 Å². The van der Waals surface area contributed by atoms with Crippen LogP contribution in [-0.2, 0) is 4.74 Å². The van der Waals surface area contributed by atoms with Crippen LogP contribution in [-0.4, -0.2) is 19.1 Å². The van der Waals surface area contributed by atoms with Gasteiger partial charge in [-0.05, 0) is 37.6 Å². The molecule has 0 heterocycles. The Labute approximate surface area is 101 Å². The Morgan fingerprint density at radius 2 is 2.12 bits per heavy atom. The van der Waals surface area contributed by atoms with Crippen molar-refractivity contribution in [3.8, 4) is 6.07 Å². The molecule has 90 valence electrons. The van der Waals surface area contributed by atoms with Crippen molar-refractivity contribution in [2.75, 3.05) is 18.5 Å². The van der Waals surface area contributed by atoms with Crippen molar-refractivity contribution >= 4 is 11.7 Å². The molecular formula is C13H16N2O2. The van der Waals surface area contributed by atoms with Crippen LogP contribution < -0.4 is 5.32 Å². The number of hydrogen-bond acceptors (Lipinski definition) is 4. The summed E-state index contributed by atoms with van der Waals surface area (Å²) in [5, 5.41) is 11.6. The largest absolute Gasteiger partial charge is 0.462 e. The topological polar surface area (TPSA) is 62.1 Å². The molecule has 0 aromatic heterocycles. The van der Waals surface area contributed by atoms with Crippen molar-refractivity contribution in [2.24, 2.45) is 0 Å². The van der Waals surface area contributed by atoms with E-state index in [1.165, 1.54) is 0 Å². The van der Waals surface area contributed by atoms with Crippen LogP contribution in [0, 0.1) is 11.3 Å². The SMILES string of the molecule is CCOC(=O)c1ccc(NCCCC#N)cc1. The van der Waals surface area contributed by atoms with Crippen molar-refractivity contribution in [3.63, 3.8) is 0 Å². The van der Waals surface area contributed by atoms with Crippen LogP contribution in [0.5, 0.6) is 0 Å². The predicted molar refractivity (Wildman–Crippen MR) is 65.7 cm³/mol. The fraction of sp³-hybridized carbons (Fsp3) is 0.385. The van der Waals surface area contributed by atoms with E-state index in [1.54, 1.807) is 19.1 Å². The first-order valence-corrected chi connectivity index (χ1v) is 5.66. The molecule has 0 unspecified atom stereocenters. The number of nitrogens with one attached hydrogen (secondary N) is 1. The average Bonchev–Trinajstić information content (AvgIpc) is 2.36. The summed E-state index contributed by atoms with van der Waals surface area (Å²) >= 11 is 0. The van der Waals surface area contributed by atoms with Crippen LogP contribution >= 0.6 is 0 Å². The first kappa shape index (κ1) is 13.0. The second kappa shape index (κ2) is 7.29. The van der Waals surface area contributed by atoms with Gasteiger partial charge in [-0.15, -0.1) is 0 Å². The summed E-state index contributed by atoms with van der Waals surface area (Å²) in [6, 6.07) is 9.21. The molecule has 0 amide bonds. The molecule has 0 spiro atoms. The Morgan fingerprint density at radius 1 is 1.41 bits per heavy atom. The minimum atomic E-state index is -0.302. The Kier molecular flexibility index (Phi) is 5.59. The van der Waals surface area contributed by atoms with E-state index < -0.39 is 0 Å². The Hall–Kier alpha value is -2.02. The second-order valence-corrected chi connectivity index (χ2v) is 3.49. The highest BCUT2D eigenvalue weighted by atomic mass is 16.5. The van der Waals surface area contributed by atoms with E-state index >= 15 is 0 Å². The van der Waals surface area contributed by atoms with Crippen molar-refractivity contribution in [2.45, 2.75) is 19.8 Å². The van der Waals surface area contributed by atoms with E-state index in [1.807, 2.05) is 12.1 Å². The van der Waals surface area contributed by atoms with Crippen LogP contribution in [0.2, 0.25) is 0 Å². The molecule has 0 saturated heterocycles. The molecule has 4 nitrogen and oxygen atoms in total. The number of anilines is 1. The maximum absolute atomic E-state index is 11.4. The summed E-state index contributed by atoms with van der Waals surface area (Å²) in [5.41, 5.74) is 1.49. The number of rotatable bonds is 6.